The Bertz CT molecular complexity index is 1010. The number of nitrogens with one attached hydrogen (secondary N) is 2. The van der Waals surface area contributed by atoms with Gasteiger partial charge in [-0.25, -0.2) is 4.39 Å². The van der Waals surface area contributed by atoms with E-state index in [-0.39, 0.29) is 24.0 Å². The number of alkyl halides is 4. The number of amides is 1. The van der Waals surface area contributed by atoms with Gasteiger partial charge < -0.3 is 25.0 Å². The molecule has 2 aliphatic rings. The van der Waals surface area contributed by atoms with Crippen LogP contribution in [-0.4, -0.2) is 55.6 Å². The molecular formula is C23H25F4N3O3. The maximum atomic E-state index is 13.4. The molecule has 0 aliphatic carbocycles. The Labute approximate surface area is 188 Å². The van der Waals surface area contributed by atoms with Crippen molar-refractivity contribution in [1.29, 1.82) is 0 Å². The van der Waals surface area contributed by atoms with Crippen LogP contribution in [0.2, 0.25) is 0 Å². The summed E-state index contributed by atoms with van der Waals surface area (Å²) in [7, 11) is 0. The highest BCUT2D eigenvalue weighted by atomic mass is 19.4. The van der Waals surface area contributed by atoms with E-state index in [9.17, 15) is 22.4 Å². The monoisotopic (exact) mass is 467 g/mol. The van der Waals surface area contributed by atoms with Gasteiger partial charge in [-0.3, -0.25) is 4.79 Å². The molecule has 2 aromatic carbocycles. The van der Waals surface area contributed by atoms with Gasteiger partial charge in [0, 0.05) is 31.4 Å². The summed E-state index contributed by atoms with van der Waals surface area (Å²) in [6.07, 6.45) is -5.23. The van der Waals surface area contributed by atoms with E-state index in [0.29, 0.717) is 37.3 Å². The van der Waals surface area contributed by atoms with E-state index in [1.807, 2.05) is 25.1 Å². The van der Waals surface area contributed by atoms with Gasteiger partial charge in [0.25, 0.3) is 5.91 Å². The highest BCUT2D eigenvalue weighted by Crippen LogP contribution is 2.35. The van der Waals surface area contributed by atoms with Gasteiger partial charge in [0.2, 0.25) is 0 Å². The second-order valence-electron chi connectivity index (χ2n) is 8.28. The third kappa shape index (κ3) is 6.07. The molecule has 0 aromatic heterocycles. The van der Waals surface area contributed by atoms with Gasteiger partial charge in [-0.1, -0.05) is 17.7 Å². The number of nitrogens with zero attached hydrogens (tertiary/aromatic N) is 1. The quantitative estimate of drug-likeness (QED) is 0.621. The minimum Gasteiger partial charge on any atom is -0.477 e. The Kier molecular flexibility index (Phi) is 6.64. The van der Waals surface area contributed by atoms with E-state index in [2.05, 4.69) is 20.3 Å². The molecule has 2 aromatic rings. The van der Waals surface area contributed by atoms with Gasteiger partial charge in [0.1, 0.15) is 17.7 Å². The third-order valence-electron chi connectivity index (χ3n) is 5.66. The van der Waals surface area contributed by atoms with Gasteiger partial charge in [-0.15, -0.1) is 13.2 Å². The van der Waals surface area contributed by atoms with Crippen LogP contribution >= 0.6 is 0 Å². The van der Waals surface area contributed by atoms with E-state index in [1.165, 1.54) is 12.1 Å². The van der Waals surface area contributed by atoms with E-state index < -0.39 is 18.6 Å². The molecule has 2 aliphatic heterocycles. The molecule has 33 heavy (non-hydrogen) atoms. The Morgan fingerprint density at radius 1 is 1.27 bits per heavy atom. The summed E-state index contributed by atoms with van der Waals surface area (Å²) in [6, 6.07) is 9.35. The van der Waals surface area contributed by atoms with Gasteiger partial charge in [0.15, 0.2) is 6.10 Å². The highest BCUT2D eigenvalue weighted by molar-refractivity contribution is 5.96. The first-order valence-corrected chi connectivity index (χ1v) is 10.7. The van der Waals surface area contributed by atoms with Crippen LogP contribution in [0.1, 0.15) is 17.5 Å². The Hall–Kier alpha value is -3.01. The third-order valence-corrected chi connectivity index (χ3v) is 5.66. The number of benzene rings is 2. The summed E-state index contributed by atoms with van der Waals surface area (Å²) in [4.78, 5) is 14.9. The zero-order valence-electron chi connectivity index (χ0n) is 18.0. The topological polar surface area (TPSA) is 62.8 Å². The first-order chi connectivity index (χ1) is 15.7. The fourth-order valence-corrected chi connectivity index (χ4v) is 4.02. The molecule has 1 amide bonds. The first kappa shape index (κ1) is 23.2. The molecule has 6 nitrogen and oxygen atoms in total. The van der Waals surface area contributed by atoms with Crippen molar-refractivity contribution < 1.29 is 31.8 Å². The standard InChI is InChI=1S/C23H25F4N3O3/c1-14-2-4-18(15(10-14)6-8-30-9-7-16(24)13-30)29-22(31)21-12-28-19-11-17(33-23(25,26)27)3-5-20(19)32-21/h2-5,10-11,16,21,28H,6-9,12-13H2,1H3,(H,29,31)/t16-,21?/m0/s1. The van der Waals surface area contributed by atoms with Crippen LogP contribution in [0.5, 0.6) is 11.5 Å². The number of rotatable bonds is 6. The first-order valence-electron chi connectivity index (χ1n) is 10.7. The van der Waals surface area contributed by atoms with Crippen molar-refractivity contribution in [3.63, 3.8) is 0 Å². The lowest BCUT2D eigenvalue weighted by Crippen LogP contribution is -2.41. The number of hydrogen-bond donors (Lipinski definition) is 2. The molecule has 10 heteroatoms. The zero-order chi connectivity index (χ0) is 23.6. The minimum absolute atomic E-state index is 0.0845. The molecule has 0 bridgehead atoms. The fraction of sp³-hybridized carbons (Fsp3) is 0.435. The lowest BCUT2D eigenvalue weighted by molar-refractivity contribution is -0.274. The minimum atomic E-state index is -4.79. The van der Waals surface area contributed by atoms with Crippen LogP contribution in [0, 0.1) is 6.92 Å². The zero-order valence-corrected chi connectivity index (χ0v) is 18.0. The highest BCUT2D eigenvalue weighted by Gasteiger charge is 2.32. The van der Waals surface area contributed by atoms with Crippen LogP contribution in [0.25, 0.3) is 0 Å². The number of ether oxygens (including phenoxy) is 2. The predicted octanol–water partition coefficient (Wildman–Crippen LogP) is 4.29. The number of aryl methyl sites for hydroxylation is 1. The molecule has 1 fully saturated rings. The van der Waals surface area contributed by atoms with Gasteiger partial charge in [0.05, 0.1) is 12.2 Å². The largest absolute Gasteiger partial charge is 0.573 e. The number of fused-ring (bicyclic) bond motifs is 1. The van der Waals surface area contributed by atoms with Crippen molar-refractivity contribution >= 4 is 17.3 Å². The number of carbonyl (C=O) groups is 1. The Balaban J connectivity index is 1.39. The Morgan fingerprint density at radius 2 is 2.09 bits per heavy atom. The van der Waals surface area contributed by atoms with Crippen molar-refractivity contribution in [3.05, 3.63) is 47.5 Å². The predicted molar refractivity (Wildman–Crippen MR) is 115 cm³/mol. The van der Waals surface area contributed by atoms with Crippen molar-refractivity contribution in [1.82, 2.24) is 4.90 Å². The van der Waals surface area contributed by atoms with Crippen molar-refractivity contribution in [2.24, 2.45) is 0 Å². The molecule has 0 spiro atoms. The van der Waals surface area contributed by atoms with E-state index in [4.69, 9.17) is 4.74 Å². The number of likely N-dealkylation sites (tertiary alicyclic amines) is 1. The van der Waals surface area contributed by atoms with Crippen LogP contribution in [-0.2, 0) is 11.2 Å². The average Bonchev–Trinajstić information content (AvgIpc) is 3.17. The maximum absolute atomic E-state index is 13.4. The van der Waals surface area contributed by atoms with E-state index in [1.54, 1.807) is 0 Å². The average molecular weight is 467 g/mol. The van der Waals surface area contributed by atoms with Crippen molar-refractivity contribution in [2.75, 3.05) is 36.8 Å². The molecule has 1 saturated heterocycles. The van der Waals surface area contributed by atoms with Gasteiger partial charge in [-0.05, 0) is 43.5 Å². The summed E-state index contributed by atoms with van der Waals surface area (Å²) in [6.45, 7) is 3.91. The van der Waals surface area contributed by atoms with Crippen LogP contribution in [0.4, 0.5) is 28.9 Å². The van der Waals surface area contributed by atoms with E-state index >= 15 is 0 Å². The number of hydrogen-bond acceptors (Lipinski definition) is 5. The number of carbonyl (C=O) groups excluding carboxylic acids is 1. The molecule has 4 rings (SSSR count). The SMILES string of the molecule is Cc1ccc(NC(=O)C2CNc3cc(OC(F)(F)F)ccc3O2)c(CCN2CC[C@H](F)C2)c1. The molecule has 178 valence electrons. The molecule has 2 atom stereocenters. The second-order valence-corrected chi connectivity index (χ2v) is 8.28. The molecule has 0 saturated carbocycles. The summed E-state index contributed by atoms with van der Waals surface area (Å²) >= 11 is 0. The summed E-state index contributed by atoms with van der Waals surface area (Å²) in [5.74, 6) is -0.490. The second kappa shape index (κ2) is 9.46. The van der Waals surface area contributed by atoms with Crippen molar-refractivity contribution in [2.45, 2.75) is 38.4 Å². The smallest absolute Gasteiger partial charge is 0.477 e. The summed E-state index contributed by atoms with van der Waals surface area (Å²) in [5.41, 5.74) is 2.97. The molecular weight excluding hydrogens is 442 g/mol. The molecule has 0 radical (unpaired) electrons. The lowest BCUT2D eigenvalue weighted by Gasteiger charge is -2.27. The van der Waals surface area contributed by atoms with Crippen LogP contribution < -0.4 is 20.1 Å². The summed E-state index contributed by atoms with van der Waals surface area (Å²) < 4.78 is 60.3. The Morgan fingerprint density at radius 3 is 2.82 bits per heavy atom. The maximum Gasteiger partial charge on any atom is 0.573 e. The number of anilines is 2. The van der Waals surface area contributed by atoms with Gasteiger partial charge in [-0.2, -0.15) is 0 Å². The van der Waals surface area contributed by atoms with Gasteiger partial charge >= 0.3 is 6.36 Å². The lowest BCUT2D eigenvalue weighted by atomic mass is 10.1. The molecule has 2 heterocycles. The van der Waals surface area contributed by atoms with E-state index in [0.717, 1.165) is 23.7 Å². The van der Waals surface area contributed by atoms with Crippen LogP contribution in [0.3, 0.4) is 0 Å². The fourth-order valence-electron chi connectivity index (χ4n) is 4.02. The summed E-state index contributed by atoms with van der Waals surface area (Å²) in [5, 5.41) is 5.82. The normalized spacial score (nSPS) is 20.5. The molecule has 1 unspecified atom stereocenters. The van der Waals surface area contributed by atoms with Crippen LogP contribution in [0.15, 0.2) is 36.4 Å². The number of halogens is 4. The van der Waals surface area contributed by atoms with Crippen molar-refractivity contribution in [3.8, 4) is 11.5 Å². The molecule has 2 N–H and O–H groups in total.